The van der Waals surface area contributed by atoms with E-state index in [-0.39, 0.29) is 16.3 Å². The Morgan fingerprint density at radius 3 is 2.50 bits per heavy atom. The summed E-state index contributed by atoms with van der Waals surface area (Å²) in [6.45, 7) is 0. The van der Waals surface area contributed by atoms with Crippen molar-refractivity contribution in [2.75, 3.05) is 7.11 Å². The maximum atomic E-state index is 13.8. The molecule has 2 aliphatic rings. The van der Waals surface area contributed by atoms with Crippen LogP contribution in [0, 0.1) is 5.92 Å². The number of benzene rings is 2. The standard InChI is InChI=1S/C24H17BrClNO5/c1-31-22(29)20-19(13-5-3-2-4-6-13)24(14-7-9-15(25)10-8-14)23(20,30)21(28)18-16(26)11-27-12-17(18)32-24/h2-12,19-20,30H,1H3/t19?,20?,23?,24-/m0/s1. The number of hydrogen-bond donors (Lipinski definition) is 1. The molecular formula is C24H17BrClNO5. The number of Topliss-reactive ketones (excluding diaryl/α,β-unsaturated/α-hetero) is 1. The Balaban J connectivity index is 1.84. The number of ketones is 1. The van der Waals surface area contributed by atoms with E-state index < -0.39 is 34.8 Å². The minimum absolute atomic E-state index is 0.00248. The lowest BCUT2D eigenvalue weighted by Gasteiger charge is -2.65. The highest BCUT2D eigenvalue weighted by atomic mass is 79.9. The molecule has 1 fully saturated rings. The molecule has 0 saturated heterocycles. The van der Waals surface area contributed by atoms with Crippen LogP contribution >= 0.6 is 27.5 Å². The number of aliphatic hydroxyl groups is 1. The molecule has 2 heterocycles. The molecule has 2 aromatic carbocycles. The zero-order valence-electron chi connectivity index (χ0n) is 16.8. The van der Waals surface area contributed by atoms with Gasteiger partial charge in [0.15, 0.2) is 17.0 Å². The fourth-order valence-electron chi connectivity index (χ4n) is 5.06. The van der Waals surface area contributed by atoms with Crippen LogP contribution in [0.25, 0.3) is 0 Å². The van der Waals surface area contributed by atoms with Crippen molar-refractivity contribution in [2.24, 2.45) is 5.92 Å². The molecule has 162 valence electrons. The maximum Gasteiger partial charge on any atom is 0.313 e. The van der Waals surface area contributed by atoms with E-state index in [1.165, 1.54) is 19.5 Å². The van der Waals surface area contributed by atoms with Crippen LogP contribution in [-0.2, 0) is 15.1 Å². The summed E-state index contributed by atoms with van der Waals surface area (Å²) in [6.07, 6.45) is 2.70. The first kappa shape index (κ1) is 21.1. The monoisotopic (exact) mass is 513 g/mol. The predicted octanol–water partition coefficient (Wildman–Crippen LogP) is 4.29. The molecule has 5 rings (SSSR count). The van der Waals surface area contributed by atoms with E-state index in [9.17, 15) is 14.7 Å². The van der Waals surface area contributed by atoms with E-state index in [0.717, 1.165) is 10.0 Å². The zero-order valence-corrected chi connectivity index (χ0v) is 19.1. The maximum absolute atomic E-state index is 13.8. The van der Waals surface area contributed by atoms with Gasteiger partial charge in [-0.3, -0.25) is 14.6 Å². The lowest BCUT2D eigenvalue weighted by Crippen LogP contribution is -2.80. The average Bonchev–Trinajstić information content (AvgIpc) is 2.80. The van der Waals surface area contributed by atoms with Gasteiger partial charge in [0, 0.05) is 16.6 Å². The molecule has 1 saturated carbocycles. The summed E-state index contributed by atoms with van der Waals surface area (Å²) >= 11 is 9.68. The number of rotatable bonds is 3. The number of esters is 1. The minimum Gasteiger partial charge on any atom is -0.476 e. The summed E-state index contributed by atoms with van der Waals surface area (Å²) in [6, 6.07) is 16.3. The molecule has 6 nitrogen and oxygen atoms in total. The third kappa shape index (κ3) is 2.59. The Morgan fingerprint density at radius 2 is 1.84 bits per heavy atom. The summed E-state index contributed by atoms with van der Waals surface area (Å²) in [5.74, 6) is -3.17. The number of carbonyl (C=O) groups excluding carboxylic acids is 2. The summed E-state index contributed by atoms with van der Waals surface area (Å²) < 4.78 is 12.3. The van der Waals surface area contributed by atoms with E-state index in [1.807, 2.05) is 30.3 Å². The highest BCUT2D eigenvalue weighted by Gasteiger charge is 2.82. The van der Waals surface area contributed by atoms with Crippen molar-refractivity contribution >= 4 is 39.3 Å². The molecule has 1 aliphatic heterocycles. The molecule has 0 amide bonds. The molecule has 32 heavy (non-hydrogen) atoms. The quantitative estimate of drug-likeness (QED) is 0.525. The molecule has 0 bridgehead atoms. The number of fused-ring (bicyclic) bond motifs is 2. The Bertz CT molecular complexity index is 1230. The van der Waals surface area contributed by atoms with Crippen molar-refractivity contribution < 1.29 is 24.2 Å². The highest BCUT2D eigenvalue weighted by molar-refractivity contribution is 9.10. The second-order valence-corrected chi connectivity index (χ2v) is 9.15. The Kier molecular flexibility index (Phi) is 4.89. The Labute approximate surface area is 197 Å². The fourth-order valence-corrected chi connectivity index (χ4v) is 5.55. The van der Waals surface area contributed by atoms with Gasteiger partial charge in [-0.25, -0.2) is 0 Å². The molecule has 3 unspecified atom stereocenters. The third-order valence-electron chi connectivity index (χ3n) is 6.38. The van der Waals surface area contributed by atoms with E-state index in [1.54, 1.807) is 24.3 Å². The second kappa shape index (κ2) is 7.40. The van der Waals surface area contributed by atoms with Gasteiger partial charge in [0.2, 0.25) is 5.78 Å². The Morgan fingerprint density at radius 1 is 1.16 bits per heavy atom. The number of methoxy groups -OCH3 is 1. The molecule has 3 aromatic rings. The number of halogens is 2. The first-order valence-corrected chi connectivity index (χ1v) is 11.0. The van der Waals surface area contributed by atoms with Gasteiger partial charge in [-0.2, -0.15) is 0 Å². The largest absolute Gasteiger partial charge is 0.476 e. The van der Waals surface area contributed by atoms with Crippen LogP contribution in [0.15, 0.2) is 71.5 Å². The first-order chi connectivity index (χ1) is 15.4. The predicted molar refractivity (Wildman–Crippen MR) is 120 cm³/mol. The summed E-state index contributed by atoms with van der Waals surface area (Å²) in [4.78, 5) is 30.8. The van der Waals surface area contributed by atoms with Crippen LogP contribution in [0.5, 0.6) is 5.75 Å². The number of nitrogens with zero attached hydrogens (tertiary/aromatic N) is 1. The van der Waals surface area contributed by atoms with E-state index >= 15 is 0 Å². The van der Waals surface area contributed by atoms with Crippen molar-refractivity contribution in [2.45, 2.75) is 17.1 Å². The normalized spacial score (nSPS) is 28.1. The molecule has 0 spiro atoms. The highest BCUT2D eigenvalue weighted by Crippen LogP contribution is 2.68. The third-order valence-corrected chi connectivity index (χ3v) is 7.20. The summed E-state index contributed by atoms with van der Waals surface area (Å²) in [5.41, 5.74) is -2.58. The molecule has 1 aliphatic carbocycles. The van der Waals surface area contributed by atoms with Crippen molar-refractivity contribution in [3.8, 4) is 5.75 Å². The van der Waals surface area contributed by atoms with Crippen molar-refractivity contribution in [3.63, 3.8) is 0 Å². The van der Waals surface area contributed by atoms with Crippen LogP contribution in [0.4, 0.5) is 0 Å². The van der Waals surface area contributed by atoms with Gasteiger partial charge in [0.05, 0.1) is 23.9 Å². The molecule has 1 N–H and O–H groups in total. The van der Waals surface area contributed by atoms with E-state index in [4.69, 9.17) is 21.1 Å². The number of ether oxygens (including phenoxy) is 2. The lowest BCUT2D eigenvalue weighted by molar-refractivity contribution is -0.251. The van der Waals surface area contributed by atoms with Gasteiger partial charge in [-0.15, -0.1) is 0 Å². The summed E-state index contributed by atoms with van der Waals surface area (Å²) in [5, 5.41) is 12.1. The van der Waals surface area contributed by atoms with Gasteiger partial charge in [0.1, 0.15) is 5.92 Å². The van der Waals surface area contributed by atoms with Crippen molar-refractivity contribution in [1.82, 2.24) is 4.98 Å². The van der Waals surface area contributed by atoms with Crippen molar-refractivity contribution in [1.29, 1.82) is 0 Å². The van der Waals surface area contributed by atoms with Gasteiger partial charge in [0.25, 0.3) is 0 Å². The molecule has 1 aromatic heterocycles. The van der Waals surface area contributed by atoms with Crippen LogP contribution in [0.2, 0.25) is 5.02 Å². The second-order valence-electron chi connectivity index (χ2n) is 7.82. The Hall–Kier alpha value is -2.74. The zero-order chi connectivity index (χ0) is 22.7. The van der Waals surface area contributed by atoms with Gasteiger partial charge in [-0.1, -0.05) is 70.0 Å². The van der Waals surface area contributed by atoms with Gasteiger partial charge in [-0.05, 0) is 23.3 Å². The summed E-state index contributed by atoms with van der Waals surface area (Å²) in [7, 11) is 1.23. The van der Waals surface area contributed by atoms with Crippen LogP contribution in [0.1, 0.15) is 27.4 Å². The fraction of sp³-hybridized carbons (Fsp3) is 0.208. The number of aromatic nitrogens is 1. The van der Waals surface area contributed by atoms with Crippen LogP contribution in [0.3, 0.4) is 0 Å². The molecule has 0 radical (unpaired) electrons. The SMILES string of the molecule is COC(=O)C1C(c2ccccc2)[C@]2(c3ccc(Br)cc3)Oc3cncc(Cl)c3C(=O)C12O. The average molecular weight is 515 g/mol. The smallest absolute Gasteiger partial charge is 0.313 e. The van der Waals surface area contributed by atoms with Crippen molar-refractivity contribution in [3.05, 3.63) is 93.2 Å². The van der Waals surface area contributed by atoms with Gasteiger partial charge >= 0.3 is 5.97 Å². The van der Waals surface area contributed by atoms with Crippen LogP contribution in [-0.4, -0.2) is 34.6 Å². The van der Waals surface area contributed by atoms with Crippen LogP contribution < -0.4 is 4.74 Å². The lowest BCUT2D eigenvalue weighted by atomic mass is 9.44. The molecule has 8 heteroatoms. The van der Waals surface area contributed by atoms with E-state index in [2.05, 4.69) is 20.9 Å². The van der Waals surface area contributed by atoms with Gasteiger partial charge < -0.3 is 14.6 Å². The van der Waals surface area contributed by atoms with E-state index in [0.29, 0.717) is 5.56 Å². The molecular weight excluding hydrogens is 498 g/mol. The number of carbonyl (C=O) groups is 2. The minimum atomic E-state index is -2.24. The first-order valence-electron chi connectivity index (χ1n) is 9.84. The molecule has 4 atom stereocenters. The topological polar surface area (TPSA) is 85.7 Å². The number of pyridine rings is 1. The number of hydrogen-bond acceptors (Lipinski definition) is 6.